The fraction of sp³-hybridized carbons (Fsp3) is 0.133. The molecular formula is C15H10BrF4N3O2. The van der Waals surface area contributed by atoms with Gasteiger partial charge in [0.2, 0.25) is 0 Å². The predicted octanol–water partition coefficient (Wildman–Crippen LogP) is 3.10. The maximum Gasteiger partial charge on any atom is 0.340 e. The van der Waals surface area contributed by atoms with Gasteiger partial charge in [0, 0.05) is 7.05 Å². The molecule has 2 N–H and O–H groups in total. The van der Waals surface area contributed by atoms with E-state index in [0.717, 1.165) is 19.3 Å². The molecule has 0 bridgehead atoms. The number of methoxy groups -OCH3 is 1. The van der Waals surface area contributed by atoms with Crippen molar-refractivity contribution < 1.29 is 27.1 Å². The van der Waals surface area contributed by atoms with Crippen LogP contribution in [0.3, 0.4) is 0 Å². The molecule has 10 heteroatoms. The van der Waals surface area contributed by atoms with Crippen molar-refractivity contribution in [3.8, 4) is 0 Å². The van der Waals surface area contributed by atoms with Crippen molar-refractivity contribution >= 4 is 38.9 Å². The van der Waals surface area contributed by atoms with Crippen molar-refractivity contribution in [2.75, 3.05) is 14.2 Å². The van der Waals surface area contributed by atoms with Crippen LogP contribution in [0.1, 0.15) is 5.56 Å². The Morgan fingerprint density at radius 2 is 1.72 bits per heavy atom. The first-order valence-corrected chi connectivity index (χ1v) is 7.41. The van der Waals surface area contributed by atoms with Crippen LogP contribution in [0.5, 0.6) is 0 Å². The van der Waals surface area contributed by atoms with E-state index in [-0.39, 0.29) is 11.3 Å². The Kier molecular flexibility index (Phi) is 5.41. The average molecular weight is 420 g/mol. The normalized spacial score (nSPS) is 15.8. The fourth-order valence-electron chi connectivity index (χ4n) is 2.13. The molecular weight excluding hydrogens is 410 g/mol. The van der Waals surface area contributed by atoms with Gasteiger partial charge in [0.1, 0.15) is 5.71 Å². The lowest BCUT2D eigenvalue weighted by atomic mass is 9.91. The number of benzene rings is 1. The Balaban J connectivity index is 2.75. The summed E-state index contributed by atoms with van der Waals surface area (Å²) in [5, 5.41) is 11.6. The monoisotopic (exact) mass is 419 g/mol. The Labute approximate surface area is 147 Å². The maximum absolute atomic E-state index is 14.2. The molecule has 0 unspecified atom stereocenters. The van der Waals surface area contributed by atoms with Gasteiger partial charge in [-0.15, -0.1) is 0 Å². The van der Waals surface area contributed by atoms with E-state index in [4.69, 9.17) is 5.41 Å². The Bertz CT molecular complexity index is 849. The summed E-state index contributed by atoms with van der Waals surface area (Å²) in [4.78, 5) is 11.9. The summed E-state index contributed by atoms with van der Waals surface area (Å²) in [6.45, 7) is 0. The topological polar surface area (TPSA) is 74.5 Å². The summed E-state index contributed by atoms with van der Waals surface area (Å²) in [7, 11) is 2.47. The second-order valence-electron chi connectivity index (χ2n) is 4.69. The van der Waals surface area contributed by atoms with Crippen molar-refractivity contribution in [3.05, 3.63) is 51.0 Å². The van der Waals surface area contributed by atoms with Gasteiger partial charge in [-0.1, -0.05) is 0 Å². The Morgan fingerprint density at radius 3 is 2.20 bits per heavy atom. The number of nitrogens with zero attached hydrogens (tertiary/aromatic N) is 1. The maximum atomic E-state index is 14.2. The number of halogens is 5. The second kappa shape index (κ2) is 7.18. The zero-order valence-electron chi connectivity index (χ0n) is 12.8. The van der Waals surface area contributed by atoms with Crippen molar-refractivity contribution in [1.29, 1.82) is 5.41 Å². The summed E-state index contributed by atoms with van der Waals surface area (Å²) in [6, 6.07) is 0. The Morgan fingerprint density at radius 1 is 1.16 bits per heavy atom. The molecule has 0 heterocycles. The molecule has 2 rings (SSSR count). The van der Waals surface area contributed by atoms with Crippen molar-refractivity contribution in [1.82, 2.24) is 5.43 Å². The summed E-state index contributed by atoms with van der Waals surface area (Å²) in [6.07, 6.45) is 1.87. The molecule has 1 aromatic carbocycles. The lowest BCUT2D eigenvalue weighted by molar-refractivity contribution is -0.135. The molecule has 0 aliphatic heterocycles. The minimum Gasteiger partial charge on any atom is -0.465 e. The van der Waals surface area contributed by atoms with Crippen molar-refractivity contribution in [2.45, 2.75) is 0 Å². The lowest BCUT2D eigenvalue weighted by Crippen LogP contribution is -2.26. The average Bonchev–Trinajstić information content (AvgIpc) is 2.59. The zero-order valence-corrected chi connectivity index (χ0v) is 14.4. The third-order valence-electron chi connectivity index (χ3n) is 3.24. The van der Waals surface area contributed by atoms with E-state index in [2.05, 4.69) is 31.2 Å². The highest BCUT2D eigenvalue weighted by atomic mass is 79.9. The van der Waals surface area contributed by atoms with Gasteiger partial charge in [0.15, 0.2) is 23.3 Å². The molecule has 0 aromatic heterocycles. The summed E-state index contributed by atoms with van der Waals surface area (Å²) < 4.78 is 59.4. The number of hydrogen-bond donors (Lipinski definition) is 2. The smallest absolute Gasteiger partial charge is 0.340 e. The summed E-state index contributed by atoms with van der Waals surface area (Å²) in [5.74, 6) is -7.55. The number of nitrogens with one attached hydrogen (secondary N) is 2. The number of esters is 1. The molecule has 0 saturated carbocycles. The predicted molar refractivity (Wildman–Crippen MR) is 86.3 cm³/mol. The van der Waals surface area contributed by atoms with E-state index < -0.39 is 50.6 Å². The Hall–Kier alpha value is -2.49. The van der Waals surface area contributed by atoms with E-state index in [1.807, 2.05) is 0 Å². The minimum absolute atomic E-state index is 0.156. The number of allylic oxidation sites excluding steroid dienone is 3. The third-order valence-corrected chi connectivity index (χ3v) is 3.93. The van der Waals surface area contributed by atoms with E-state index in [0.29, 0.717) is 0 Å². The van der Waals surface area contributed by atoms with Crippen molar-refractivity contribution in [3.63, 3.8) is 0 Å². The number of hydrogen-bond acceptors (Lipinski definition) is 5. The van der Waals surface area contributed by atoms with Crippen LogP contribution in [0.2, 0.25) is 0 Å². The van der Waals surface area contributed by atoms with Gasteiger partial charge in [-0.3, -0.25) is 5.41 Å². The van der Waals surface area contributed by atoms with Gasteiger partial charge in [-0.05, 0) is 33.7 Å². The molecule has 0 atom stereocenters. The van der Waals surface area contributed by atoms with E-state index in [9.17, 15) is 22.4 Å². The molecule has 0 radical (unpaired) electrons. The van der Waals surface area contributed by atoms with Crippen LogP contribution >= 0.6 is 15.9 Å². The molecule has 0 spiro atoms. The molecule has 1 aliphatic carbocycles. The number of hydrazone groups is 1. The first kappa shape index (κ1) is 18.8. The van der Waals surface area contributed by atoms with Gasteiger partial charge in [0.05, 0.1) is 28.4 Å². The molecule has 0 amide bonds. The fourth-order valence-corrected chi connectivity index (χ4v) is 2.48. The third kappa shape index (κ3) is 3.21. The van der Waals surface area contributed by atoms with E-state index in [1.165, 1.54) is 7.05 Å². The van der Waals surface area contributed by atoms with Crippen LogP contribution in [0.4, 0.5) is 17.6 Å². The molecule has 5 nitrogen and oxygen atoms in total. The molecule has 0 saturated heterocycles. The van der Waals surface area contributed by atoms with Gasteiger partial charge in [0.25, 0.3) is 0 Å². The lowest BCUT2D eigenvalue weighted by Gasteiger charge is -2.17. The number of carbonyl (C=O) groups is 1. The van der Waals surface area contributed by atoms with Crippen LogP contribution in [0.25, 0.3) is 5.57 Å². The number of rotatable bonds is 3. The molecule has 25 heavy (non-hydrogen) atoms. The van der Waals surface area contributed by atoms with Crippen LogP contribution < -0.4 is 5.43 Å². The molecule has 1 aliphatic rings. The highest BCUT2D eigenvalue weighted by Crippen LogP contribution is 2.34. The molecule has 132 valence electrons. The molecule has 1 aromatic rings. The van der Waals surface area contributed by atoms with Gasteiger partial charge < -0.3 is 10.2 Å². The van der Waals surface area contributed by atoms with Crippen LogP contribution in [0.15, 0.2) is 27.3 Å². The number of carbonyl (C=O) groups excluding carboxylic acids is 1. The highest BCUT2D eigenvalue weighted by Gasteiger charge is 2.30. The van der Waals surface area contributed by atoms with E-state index >= 15 is 0 Å². The summed E-state index contributed by atoms with van der Waals surface area (Å²) >= 11 is 2.42. The first-order valence-electron chi connectivity index (χ1n) is 6.61. The second-order valence-corrected chi connectivity index (χ2v) is 5.48. The van der Waals surface area contributed by atoms with Crippen LogP contribution in [-0.4, -0.2) is 31.6 Å². The van der Waals surface area contributed by atoms with E-state index in [1.54, 1.807) is 0 Å². The highest BCUT2D eigenvalue weighted by molar-refractivity contribution is 9.10. The SMILES string of the molecule is CN/N=C1\C(=N)C=C(c2c(F)c(F)c(Br)c(F)c2F)C=C1C(=O)OC. The first-order chi connectivity index (χ1) is 11.7. The minimum atomic E-state index is -1.67. The quantitative estimate of drug-likeness (QED) is 0.197. The molecule has 0 fully saturated rings. The zero-order chi connectivity index (χ0) is 18.9. The largest absolute Gasteiger partial charge is 0.465 e. The van der Waals surface area contributed by atoms with Crippen LogP contribution in [0, 0.1) is 28.7 Å². The summed E-state index contributed by atoms with van der Waals surface area (Å²) in [5.41, 5.74) is 0.0435. The standard InChI is InChI=1S/C15H10BrF4N3O2/c1-22-23-14-6(15(24)25-2)3-5(4-7(14)21)8-10(17)12(19)9(16)13(20)11(8)18/h3-4,21-22H,1-2H3/b21-7?,23-14-. The van der Waals surface area contributed by atoms with Gasteiger partial charge in [-0.25, -0.2) is 22.4 Å². The van der Waals surface area contributed by atoms with Crippen LogP contribution in [-0.2, 0) is 9.53 Å². The van der Waals surface area contributed by atoms with Gasteiger partial charge in [-0.2, -0.15) is 5.10 Å². The number of ether oxygens (including phenoxy) is 1. The van der Waals surface area contributed by atoms with Crippen molar-refractivity contribution in [2.24, 2.45) is 5.10 Å². The van der Waals surface area contributed by atoms with Gasteiger partial charge >= 0.3 is 5.97 Å².